The quantitative estimate of drug-likeness (QED) is 0.842. The predicted molar refractivity (Wildman–Crippen MR) is 91.7 cm³/mol. The molecule has 0 spiro atoms. The average Bonchev–Trinajstić information content (AvgIpc) is 3.19. The predicted octanol–water partition coefficient (Wildman–Crippen LogP) is 3.91. The molecule has 1 saturated heterocycles. The monoisotopic (exact) mass is 389 g/mol. The molecule has 10 heteroatoms. The molecule has 2 aromatic rings. The number of urea groups is 1. The smallest absolute Gasteiger partial charge is 0.406 e. The van der Waals surface area contributed by atoms with E-state index in [2.05, 4.69) is 15.0 Å². The average molecular weight is 389 g/mol. The Balaban J connectivity index is 1.87. The Morgan fingerprint density at radius 3 is 2.96 bits per heavy atom. The molecule has 142 valence electrons. The second kappa shape index (κ2) is 7.67. The first-order valence-electron chi connectivity index (χ1n) is 8.19. The van der Waals surface area contributed by atoms with Crippen LogP contribution in [-0.2, 0) is 4.74 Å². The molecular weight excluding hydrogens is 371 g/mol. The summed E-state index contributed by atoms with van der Waals surface area (Å²) < 4.78 is 47.2. The number of fused-ring (bicyclic) bond motifs is 1. The standard InChI is InChI=1S/C16H18F3N3O3S/c1-2-20-14(23)22(9-11-4-3-7-24-11)15-21-12-6-5-10(8-13(12)26-15)25-16(17,18)19/h5-6,8,11H,2-4,7,9H2,1H3,(H,20,23). The lowest BCUT2D eigenvalue weighted by atomic mass is 10.2. The van der Waals surface area contributed by atoms with E-state index < -0.39 is 6.36 Å². The molecule has 2 amide bonds. The van der Waals surface area contributed by atoms with E-state index >= 15 is 0 Å². The molecule has 1 N–H and O–H groups in total. The molecule has 1 aromatic carbocycles. The zero-order valence-corrected chi connectivity index (χ0v) is 14.8. The van der Waals surface area contributed by atoms with Gasteiger partial charge >= 0.3 is 12.4 Å². The van der Waals surface area contributed by atoms with Crippen molar-refractivity contribution in [3.8, 4) is 5.75 Å². The maximum Gasteiger partial charge on any atom is 0.573 e. The van der Waals surface area contributed by atoms with Gasteiger partial charge < -0.3 is 14.8 Å². The lowest BCUT2D eigenvalue weighted by molar-refractivity contribution is -0.274. The van der Waals surface area contributed by atoms with Crippen LogP contribution in [-0.4, -0.2) is 43.2 Å². The van der Waals surface area contributed by atoms with Gasteiger partial charge in [-0.05, 0) is 31.9 Å². The van der Waals surface area contributed by atoms with E-state index in [-0.39, 0.29) is 17.9 Å². The number of amides is 2. The lowest BCUT2D eigenvalue weighted by Crippen LogP contribution is -2.43. The number of nitrogens with one attached hydrogen (secondary N) is 1. The second-order valence-corrected chi connectivity index (χ2v) is 6.76. The van der Waals surface area contributed by atoms with Crippen molar-refractivity contribution in [3.05, 3.63) is 18.2 Å². The summed E-state index contributed by atoms with van der Waals surface area (Å²) in [5, 5.41) is 3.14. The van der Waals surface area contributed by atoms with Crippen molar-refractivity contribution in [1.29, 1.82) is 0 Å². The van der Waals surface area contributed by atoms with Crippen LogP contribution in [0.25, 0.3) is 10.2 Å². The lowest BCUT2D eigenvalue weighted by Gasteiger charge is -2.22. The number of carbonyl (C=O) groups is 1. The van der Waals surface area contributed by atoms with Gasteiger partial charge in [0.1, 0.15) is 5.75 Å². The van der Waals surface area contributed by atoms with Crippen LogP contribution in [0.2, 0.25) is 0 Å². The summed E-state index contributed by atoms with van der Waals surface area (Å²) in [7, 11) is 0. The van der Waals surface area contributed by atoms with Crippen LogP contribution in [0.1, 0.15) is 19.8 Å². The Kier molecular flexibility index (Phi) is 5.52. The molecule has 0 radical (unpaired) electrons. The summed E-state index contributed by atoms with van der Waals surface area (Å²) in [6.45, 7) is 3.26. The molecule has 26 heavy (non-hydrogen) atoms. The van der Waals surface area contributed by atoms with Gasteiger partial charge in [-0.25, -0.2) is 9.78 Å². The molecule has 1 aliphatic heterocycles. The molecule has 0 bridgehead atoms. The number of alkyl halides is 3. The fourth-order valence-corrected chi connectivity index (χ4v) is 3.69. The number of halogens is 3. The Labute approximate surface area is 151 Å². The van der Waals surface area contributed by atoms with Crippen LogP contribution < -0.4 is 15.0 Å². The van der Waals surface area contributed by atoms with E-state index in [4.69, 9.17) is 4.74 Å². The van der Waals surface area contributed by atoms with Gasteiger partial charge in [0.05, 0.1) is 22.9 Å². The number of benzene rings is 1. The highest BCUT2D eigenvalue weighted by atomic mass is 32.1. The Hall–Kier alpha value is -2.07. The van der Waals surface area contributed by atoms with Crippen molar-refractivity contribution in [2.24, 2.45) is 0 Å². The molecule has 0 saturated carbocycles. The van der Waals surface area contributed by atoms with Gasteiger partial charge in [0, 0.05) is 19.2 Å². The van der Waals surface area contributed by atoms with E-state index in [9.17, 15) is 18.0 Å². The number of hydrogen-bond donors (Lipinski definition) is 1. The van der Waals surface area contributed by atoms with Gasteiger partial charge in [-0.15, -0.1) is 13.2 Å². The molecule has 6 nitrogen and oxygen atoms in total. The first-order chi connectivity index (χ1) is 12.4. The number of hydrogen-bond acceptors (Lipinski definition) is 5. The second-order valence-electron chi connectivity index (χ2n) is 5.75. The number of ether oxygens (including phenoxy) is 2. The minimum atomic E-state index is -4.76. The number of aromatic nitrogens is 1. The first kappa shape index (κ1) is 18.7. The summed E-state index contributed by atoms with van der Waals surface area (Å²) in [5.74, 6) is -0.316. The summed E-state index contributed by atoms with van der Waals surface area (Å²) in [4.78, 5) is 18.3. The highest BCUT2D eigenvalue weighted by Gasteiger charge is 2.31. The maximum atomic E-state index is 12.4. The van der Waals surface area contributed by atoms with Crippen LogP contribution in [0.5, 0.6) is 5.75 Å². The highest BCUT2D eigenvalue weighted by molar-refractivity contribution is 7.22. The van der Waals surface area contributed by atoms with Crippen LogP contribution >= 0.6 is 11.3 Å². The normalized spacial score (nSPS) is 17.5. The number of nitrogens with zero attached hydrogens (tertiary/aromatic N) is 2. The molecule has 1 atom stereocenters. The summed E-state index contributed by atoms with van der Waals surface area (Å²) in [5.41, 5.74) is 0.501. The molecule has 1 aliphatic rings. The molecule has 1 fully saturated rings. The number of thiazole rings is 1. The summed E-state index contributed by atoms with van der Waals surface area (Å²) in [6.07, 6.45) is -3.04. The number of anilines is 1. The van der Waals surface area contributed by atoms with Crippen molar-refractivity contribution in [1.82, 2.24) is 10.3 Å². The topological polar surface area (TPSA) is 63.7 Å². The fourth-order valence-electron chi connectivity index (χ4n) is 2.69. The molecule has 1 aromatic heterocycles. The van der Waals surface area contributed by atoms with E-state index in [1.165, 1.54) is 23.1 Å². The Morgan fingerprint density at radius 1 is 1.50 bits per heavy atom. The van der Waals surface area contributed by atoms with Crippen LogP contribution in [0.15, 0.2) is 18.2 Å². The van der Waals surface area contributed by atoms with Crippen LogP contribution in [0, 0.1) is 0 Å². The molecule has 3 rings (SSSR count). The molecule has 2 heterocycles. The van der Waals surface area contributed by atoms with Gasteiger partial charge in [0.15, 0.2) is 5.13 Å². The van der Waals surface area contributed by atoms with E-state index in [1.807, 2.05) is 0 Å². The minimum absolute atomic E-state index is 0.0752. The van der Waals surface area contributed by atoms with Gasteiger partial charge in [-0.2, -0.15) is 0 Å². The number of carbonyl (C=O) groups excluding carboxylic acids is 1. The third-order valence-electron chi connectivity index (χ3n) is 3.80. The largest absolute Gasteiger partial charge is 0.573 e. The molecule has 0 aliphatic carbocycles. The zero-order valence-electron chi connectivity index (χ0n) is 14.0. The van der Waals surface area contributed by atoms with Crippen molar-refractivity contribution < 1.29 is 27.4 Å². The molecular formula is C16H18F3N3O3S. The van der Waals surface area contributed by atoms with E-state index in [1.54, 1.807) is 6.92 Å². The summed E-state index contributed by atoms with van der Waals surface area (Å²) in [6, 6.07) is 3.61. The van der Waals surface area contributed by atoms with Gasteiger partial charge in [0.25, 0.3) is 0 Å². The van der Waals surface area contributed by atoms with E-state index in [0.717, 1.165) is 24.2 Å². The van der Waals surface area contributed by atoms with Crippen molar-refractivity contribution in [2.45, 2.75) is 32.2 Å². The maximum absolute atomic E-state index is 12.4. The molecule has 1 unspecified atom stereocenters. The van der Waals surface area contributed by atoms with E-state index in [0.29, 0.717) is 35.0 Å². The van der Waals surface area contributed by atoms with Crippen molar-refractivity contribution in [3.63, 3.8) is 0 Å². The third kappa shape index (κ3) is 4.55. The zero-order chi connectivity index (χ0) is 18.7. The number of rotatable bonds is 5. The highest BCUT2D eigenvalue weighted by Crippen LogP contribution is 2.33. The van der Waals surface area contributed by atoms with Gasteiger partial charge in [-0.3, -0.25) is 4.90 Å². The van der Waals surface area contributed by atoms with Crippen LogP contribution in [0.4, 0.5) is 23.1 Å². The Bertz CT molecular complexity index is 775. The fraction of sp³-hybridized carbons (Fsp3) is 0.500. The van der Waals surface area contributed by atoms with Gasteiger partial charge in [-0.1, -0.05) is 11.3 Å². The minimum Gasteiger partial charge on any atom is -0.406 e. The third-order valence-corrected chi connectivity index (χ3v) is 4.84. The first-order valence-corrected chi connectivity index (χ1v) is 9.00. The Morgan fingerprint density at radius 2 is 2.31 bits per heavy atom. The van der Waals surface area contributed by atoms with Crippen LogP contribution in [0.3, 0.4) is 0 Å². The summed E-state index contributed by atoms with van der Waals surface area (Å²) >= 11 is 1.13. The SMILES string of the molecule is CCNC(=O)N(CC1CCCO1)c1nc2ccc(OC(F)(F)F)cc2s1. The van der Waals surface area contributed by atoms with Crippen molar-refractivity contribution >= 4 is 32.7 Å². The van der Waals surface area contributed by atoms with Gasteiger partial charge in [0.2, 0.25) is 0 Å². The van der Waals surface area contributed by atoms with Crippen molar-refractivity contribution in [2.75, 3.05) is 24.6 Å².